The SMILES string of the molecule is COCC(C)NC(=O)C1CC(=O)N(c2ccc(C)c(Cl)c2)C1. The zero-order chi connectivity index (χ0) is 16.3. The van der Waals surface area contributed by atoms with Crippen LogP contribution in [0.5, 0.6) is 0 Å². The fraction of sp³-hybridized carbons (Fsp3) is 0.500. The van der Waals surface area contributed by atoms with Crippen LogP contribution in [0.4, 0.5) is 5.69 Å². The van der Waals surface area contributed by atoms with E-state index < -0.39 is 0 Å². The largest absolute Gasteiger partial charge is 0.383 e. The molecule has 1 aliphatic heterocycles. The molecule has 120 valence electrons. The number of carbonyl (C=O) groups is 2. The van der Waals surface area contributed by atoms with Crippen LogP contribution in [0.25, 0.3) is 0 Å². The third-order valence-corrected chi connectivity index (χ3v) is 4.18. The lowest BCUT2D eigenvalue weighted by molar-refractivity contribution is -0.127. The van der Waals surface area contributed by atoms with Gasteiger partial charge in [0, 0.05) is 36.8 Å². The number of nitrogens with one attached hydrogen (secondary N) is 1. The minimum Gasteiger partial charge on any atom is -0.383 e. The van der Waals surface area contributed by atoms with Crippen LogP contribution in [0.1, 0.15) is 18.9 Å². The summed E-state index contributed by atoms with van der Waals surface area (Å²) in [6.45, 7) is 4.61. The van der Waals surface area contributed by atoms with Gasteiger partial charge in [-0.3, -0.25) is 9.59 Å². The summed E-state index contributed by atoms with van der Waals surface area (Å²) in [5.41, 5.74) is 1.69. The van der Waals surface area contributed by atoms with Gasteiger partial charge >= 0.3 is 0 Å². The average molecular weight is 325 g/mol. The molecule has 6 heteroatoms. The first kappa shape index (κ1) is 16.8. The number of hydrogen-bond donors (Lipinski definition) is 1. The summed E-state index contributed by atoms with van der Waals surface area (Å²) in [6, 6.07) is 5.42. The van der Waals surface area contributed by atoms with Gasteiger partial charge in [0.05, 0.1) is 12.5 Å². The highest BCUT2D eigenvalue weighted by Gasteiger charge is 2.35. The number of methoxy groups -OCH3 is 1. The number of carbonyl (C=O) groups excluding carboxylic acids is 2. The monoisotopic (exact) mass is 324 g/mol. The lowest BCUT2D eigenvalue weighted by Gasteiger charge is -2.18. The number of aryl methyl sites for hydroxylation is 1. The Hall–Kier alpha value is -1.59. The van der Waals surface area contributed by atoms with Crippen LogP contribution in [0.2, 0.25) is 5.02 Å². The van der Waals surface area contributed by atoms with Crippen LogP contribution >= 0.6 is 11.6 Å². The van der Waals surface area contributed by atoms with Gasteiger partial charge in [-0.25, -0.2) is 0 Å². The van der Waals surface area contributed by atoms with Gasteiger partial charge in [0.1, 0.15) is 0 Å². The van der Waals surface area contributed by atoms with Crippen LogP contribution in [0.15, 0.2) is 18.2 Å². The fourth-order valence-electron chi connectivity index (χ4n) is 2.53. The van der Waals surface area contributed by atoms with E-state index in [1.165, 1.54) is 0 Å². The van der Waals surface area contributed by atoms with Gasteiger partial charge in [0.2, 0.25) is 11.8 Å². The van der Waals surface area contributed by atoms with E-state index in [9.17, 15) is 9.59 Å². The van der Waals surface area contributed by atoms with E-state index in [4.69, 9.17) is 16.3 Å². The molecule has 0 radical (unpaired) electrons. The van der Waals surface area contributed by atoms with Crippen LogP contribution in [-0.2, 0) is 14.3 Å². The van der Waals surface area contributed by atoms with Crippen molar-refractivity contribution in [1.82, 2.24) is 5.32 Å². The Morgan fingerprint density at radius 1 is 1.55 bits per heavy atom. The molecular weight excluding hydrogens is 304 g/mol. The molecule has 2 amide bonds. The molecule has 0 bridgehead atoms. The number of nitrogens with zero attached hydrogens (tertiary/aromatic N) is 1. The third kappa shape index (κ3) is 3.78. The molecule has 22 heavy (non-hydrogen) atoms. The zero-order valence-electron chi connectivity index (χ0n) is 13.1. The number of amides is 2. The molecule has 1 fully saturated rings. The molecular formula is C16H21ClN2O3. The van der Waals surface area contributed by atoms with Crippen LogP contribution in [-0.4, -0.2) is 38.1 Å². The van der Waals surface area contributed by atoms with Crippen molar-refractivity contribution in [2.24, 2.45) is 5.92 Å². The second-order valence-electron chi connectivity index (χ2n) is 5.70. The van der Waals surface area contributed by atoms with E-state index in [2.05, 4.69) is 5.32 Å². The Bertz CT molecular complexity index is 577. The van der Waals surface area contributed by atoms with Gasteiger partial charge in [-0.15, -0.1) is 0 Å². The Kier molecular flexibility index (Phi) is 5.42. The molecule has 1 aromatic rings. The predicted octanol–water partition coefficient (Wildman–Crippen LogP) is 2.15. The summed E-state index contributed by atoms with van der Waals surface area (Å²) in [6.07, 6.45) is 0.219. The molecule has 5 nitrogen and oxygen atoms in total. The summed E-state index contributed by atoms with van der Waals surface area (Å²) >= 11 is 6.11. The van der Waals surface area contributed by atoms with Crippen molar-refractivity contribution in [3.63, 3.8) is 0 Å². The van der Waals surface area contributed by atoms with Crippen molar-refractivity contribution in [2.75, 3.05) is 25.2 Å². The number of ether oxygens (including phenoxy) is 1. The molecule has 2 unspecified atom stereocenters. The van der Waals surface area contributed by atoms with E-state index in [-0.39, 0.29) is 30.2 Å². The highest BCUT2D eigenvalue weighted by atomic mass is 35.5. The highest BCUT2D eigenvalue weighted by Crippen LogP contribution is 2.28. The van der Waals surface area contributed by atoms with Gasteiger partial charge in [-0.1, -0.05) is 17.7 Å². The Labute approximate surface area is 135 Å². The number of rotatable bonds is 5. The van der Waals surface area contributed by atoms with E-state index in [1.807, 2.05) is 26.0 Å². The Morgan fingerprint density at radius 2 is 2.27 bits per heavy atom. The van der Waals surface area contributed by atoms with Crippen molar-refractivity contribution in [3.8, 4) is 0 Å². The molecule has 1 N–H and O–H groups in total. The number of halogens is 1. The lowest BCUT2D eigenvalue weighted by Crippen LogP contribution is -2.40. The molecule has 1 heterocycles. The summed E-state index contributed by atoms with van der Waals surface area (Å²) in [7, 11) is 1.59. The van der Waals surface area contributed by atoms with Gasteiger partial charge < -0.3 is 15.0 Å². The third-order valence-electron chi connectivity index (χ3n) is 3.77. The van der Waals surface area contributed by atoms with Crippen LogP contribution in [0, 0.1) is 12.8 Å². The van der Waals surface area contributed by atoms with Crippen LogP contribution < -0.4 is 10.2 Å². The van der Waals surface area contributed by atoms with Gasteiger partial charge in [-0.2, -0.15) is 0 Å². The molecule has 0 saturated carbocycles. The number of anilines is 1. The molecule has 0 spiro atoms. The van der Waals surface area contributed by atoms with Crippen LogP contribution in [0.3, 0.4) is 0 Å². The molecule has 0 aliphatic carbocycles. The number of hydrogen-bond acceptors (Lipinski definition) is 3. The first-order valence-electron chi connectivity index (χ1n) is 7.28. The second kappa shape index (κ2) is 7.11. The smallest absolute Gasteiger partial charge is 0.227 e. The van der Waals surface area contributed by atoms with Gasteiger partial charge in [0.15, 0.2) is 0 Å². The van der Waals surface area contributed by atoms with Crippen molar-refractivity contribution in [3.05, 3.63) is 28.8 Å². The fourth-order valence-corrected chi connectivity index (χ4v) is 2.71. The lowest BCUT2D eigenvalue weighted by atomic mass is 10.1. The topological polar surface area (TPSA) is 58.6 Å². The van der Waals surface area contributed by atoms with Gasteiger partial charge in [-0.05, 0) is 31.5 Å². The van der Waals surface area contributed by atoms with E-state index in [0.717, 1.165) is 11.3 Å². The maximum atomic E-state index is 12.2. The molecule has 2 rings (SSSR count). The Balaban J connectivity index is 2.04. The quantitative estimate of drug-likeness (QED) is 0.903. The van der Waals surface area contributed by atoms with E-state index in [0.29, 0.717) is 18.2 Å². The number of benzene rings is 1. The molecule has 1 aromatic carbocycles. The Morgan fingerprint density at radius 3 is 2.91 bits per heavy atom. The van der Waals surface area contributed by atoms with Crippen molar-refractivity contribution < 1.29 is 14.3 Å². The van der Waals surface area contributed by atoms with Crippen molar-refractivity contribution in [1.29, 1.82) is 0 Å². The van der Waals surface area contributed by atoms with Crippen molar-refractivity contribution >= 4 is 29.1 Å². The normalized spacial score (nSPS) is 19.4. The summed E-state index contributed by atoms with van der Waals surface area (Å²) in [5, 5.41) is 3.48. The first-order valence-corrected chi connectivity index (χ1v) is 7.66. The van der Waals surface area contributed by atoms with Crippen molar-refractivity contribution in [2.45, 2.75) is 26.3 Å². The minimum absolute atomic E-state index is 0.0561. The predicted molar refractivity (Wildman–Crippen MR) is 86.1 cm³/mol. The maximum absolute atomic E-state index is 12.2. The standard InChI is InChI=1S/C16H21ClN2O3/c1-10-4-5-13(7-14(10)17)19-8-12(6-15(19)20)16(21)18-11(2)9-22-3/h4-5,7,11-12H,6,8-9H2,1-3H3,(H,18,21). The minimum atomic E-state index is -0.341. The highest BCUT2D eigenvalue weighted by molar-refractivity contribution is 6.31. The summed E-state index contributed by atoms with van der Waals surface area (Å²) in [4.78, 5) is 26.0. The zero-order valence-corrected chi connectivity index (χ0v) is 13.8. The molecule has 1 saturated heterocycles. The molecule has 0 aromatic heterocycles. The summed E-state index contributed by atoms with van der Waals surface area (Å²) in [5.74, 6) is -0.509. The van der Waals surface area contributed by atoms with Gasteiger partial charge in [0.25, 0.3) is 0 Å². The summed E-state index contributed by atoms with van der Waals surface area (Å²) < 4.78 is 5.00. The van der Waals surface area contributed by atoms with E-state index >= 15 is 0 Å². The first-order chi connectivity index (χ1) is 10.4. The average Bonchev–Trinajstić information content (AvgIpc) is 2.84. The van der Waals surface area contributed by atoms with E-state index in [1.54, 1.807) is 18.1 Å². The molecule has 1 aliphatic rings. The maximum Gasteiger partial charge on any atom is 0.227 e. The molecule has 2 atom stereocenters. The second-order valence-corrected chi connectivity index (χ2v) is 6.11.